The van der Waals surface area contributed by atoms with Crippen LogP contribution in [0.3, 0.4) is 0 Å². The lowest BCUT2D eigenvalue weighted by molar-refractivity contribution is -0.384. The topological polar surface area (TPSA) is 82.2 Å². The fourth-order valence-corrected chi connectivity index (χ4v) is 2.63. The first-order valence-electron chi connectivity index (χ1n) is 6.83. The SMILES string of the molecule is CCCN(c1ccc(C#N)cc1[N+](=O)[O-])C1CCNC1. The second-order valence-electron chi connectivity index (χ2n) is 4.91. The number of benzene rings is 1. The van der Waals surface area contributed by atoms with Crippen molar-refractivity contribution in [3.05, 3.63) is 33.9 Å². The molecule has 1 aromatic rings. The van der Waals surface area contributed by atoms with Crippen LogP contribution in [-0.4, -0.2) is 30.6 Å². The van der Waals surface area contributed by atoms with Crippen molar-refractivity contribution in [2.75, 3.05) is 24.5 Å². The molecule has 1 aromatic carbocycles. The molecular formula is C14H18N4O2. The largest absolute Gasteiger partial charge is 0.362 e. The second kappa shape index (κ2) is 6.35. The lowest BCUT2D eigenvalue weighted by Gasteiger charge is -2.30. The minimum absolute atomic E-state index is 0.0180. The van der Waals surface area contributed by atoms with Gasteiger partial charge < -0.3 is 10.2 Å². The molecule has 0 spiro atoms. The summed E-state index contributed by atoms with van der Waals surface area (Å²) in [5.74, 6) is 0. The summed E-state index contributed by atoms with van der Waals surface area (Å²) in [7, 11) is 0. The van der Waals surface area contributed by atoms with E-state index in [-0.39, 0.29) is 11.7 Å². The van der Waals surface area contributed by atoms with Crippen molar-refractivity contribution in [1.82, 2.24) is 5.32 Å². The molecule has 1 aliphatic rings. The predicted octanol–water partition coefficient (Wildman–Crippen LogP) is 2.04. The van der Waals surface area contributed by atoms with Gasteiger partial charge in [0, 0.05) is 25.2 Å². The highest BCUT2D eigenvalue weighted by molar-refractivity contribution is 5.66. The Bertz CT molecular complexity index is 532. The first-order valence-corrected chi connectivity index (χ1v) is 6.83. The molecule has 6 nitrogen and oxygen atoms in total. The van der Waals surface area contributed by atoms with Gasteiger partial charge in [-0.3, -0.25) is 10.1 Å². The molecule has 1 fully saturated rings. The van der Waals surface area contributed by atoms with Gasteiger partial charge in [0.25, 0.3) is 5.69 Å². The molecule has 0 amide bonds. The van der Waals surface area contributed by atoms with Crippen LogP contribution < -0.4 is 10.2 Å². The number of anilines is 1. The Morgan fingerprint density at radius 2 is 2.40 bits per heavy atom. The molecule has 0 aromatic heterocycles. The molecule has 106 valence electrons. The summed E-state index contributed by atoms with van der Waals surface area (Å²) in [5, 5.41) is 23.4. The van der Waals surface area contributed by atoms with Crippen LogP contribution in [0.4, 0.5) is 11.4 Å². The van der Waals surface area contributed by atoms with E-state index >= 15 is 0 Å². The summed E-state index contributed by atoms with van der Waals surface area (Å²) in [6.45, 7) is 4.62. The number of hydrogen-bond donors (Lipinski definition) is 1. The molecule has 1 saturated heterocycles. The van der Waals surface area contributed by atoms with Crippen LogP contribution in [0.15, 0.2) is 18.2 Å². The highest BCUT2D eigenvalue weighted by Crippen LogP contribution is 2.31. The Hall–Kier alpha value is -2.13. The van der Waals surface area contributed by atoms with Crippen molar-refractivity contribution in [2.24, 2.45) is 0 Å². The van der Waals surface area contributed by atoms with Gasteiger partial charge in [0.05, 0.1) is 16.6 Å². The average molecular weight is 274 g/mol. The predicted molar refractivity (Wildman–Crippen MR) is 76.7 cm³/mol. The molecule has 2 rings (SSSR count). The highest BCUT2D eigenvalue weighted by atomic mass is 16.6. The zero-order valence-electron chi connectivity index (χ0n) is 11.5. The van der Waals surface area contributed by atoms with E-state index < -0.39 is 4.92 Å². The first kappa shape index (κ1) is 14.3. The van der Waals surface area contributed by atoms with Gasteiger partial charge in [0.15, 0.2) is 0 Å². The molecule has 0 radical (unpaired) electrons. The van der Waals surface area contributed by atoms with E-state index in [1.165, 1.54) is 6.07 Å². The van der Waals surface area contributed by atoms with Gasteiger partial charge in [-0.25, -0.2) is 0 Å². The third kappa shape index (κ3) is 2.89. The molecule has 6 heteroatoms. The van der Waals surface area contributed by atoms with Crippen LogP contribution in [0.2, 0.25) is 0 Å². The summed E-state index contributed by atoms with van der Waals surface area (Å²) in [5.41, 5.74) is 0.954. The number of rotatable bonds is 5. The van der Waals surface area contributed by atoms with E-state index in [9.17, 15) is 10.1 Å². The van der Waals surface area contributed by atoms with Gasteiger partial charge in [-0.15, -0.1) is 0 Å². The number of nitro benzene ring substituents is 1. The average Bonchev–Trinajstić information content (AvgIpc) is 2.98. The minimum atomic E-state index is -0.402. The van der Waals surface area contributed by atoms with Crippen molar-refractivity contribution >= 4 is 11.4 Å². The second-order valence-corrected chi connectivity index (χ2v) is 4.91. The summed E-state index contributed by atoms with van der Waals surface area (Å²) in [6, 6.07) is 6.94. The molecule has 20 heavy (non-hydrogen) atoms. The summed E-state index contributed by atoms with van der Waals surface area (Å²) in [6.07, 6.45) is 1.91. The Morgan fingerprint density at radius 1 is 1.60 bits per heavy atom. The highest BCUT2D eigenvalue weighted by Gasteiger charge is 2.27. The number of hydrogen-bond acceptors (Lipinski definition) is 5. The molecule has 1 unspecified atom stereocenters. The van der Waals surface area contributed by atoms with E-state index in [1.807, 2.05) is 6.07 Å². The van der Waals surface area contributed by atoms with Crippen molar-refractivity contribution < 1.29 is 4.92 Å². The standard InChI is InChI=1S/C14H18N4O2/c1-2-7-17(12-5-6-16-10-12)13-4-3-11(9-15)8-14(13)18(19)20/h3-4,8,12,16H,2,5-7,10H2,1H3. The van der Waals surface area contributed by atoms with E-state index in [0.29, 0.717) is 11.3 Å². The summed E-state index contributed by atoms with van der Waals surface area (Å²) in [4.78, 5) is 13.0. The van der Waals surface area contributed by atoms with E-state index in [4.69, 9.17) is 5.26 Å². The van der Waals surface area contributed by atoms with Crippen molar-refractivity contribution in [1.29, 1.82) is 5.26 Å². The lowest BCUT2D eigenvalue weighted by Crippen LogP contribution is -2.37. The van der Waals surface area contributed by atoms with Crippen LogP contribution in [0.1, 0.15) is 25.3 Å². The van der Waals surface area contributed by atoms with E-state index in [0.717, 1.165) is 32.5 Å². The Balaban J connectivity index is 2.41. The fraction of sp³-hybridized carbons (Fsp3) is 0.500. The van der Waals surface area contributed by atoms with Crippen LogP contribution in [-0.2, 0) is 0 Å². The normalized spacial score (nSPS) is 17.7. The Labute approximate surface area is 118 Å². The van der Waals surface area contributed by atoms with Crippen LogP contribution in [0.5, 0.6) is 0 Å². The molecule has 1 atom stereocenters. The number of nitro groups is 1. The zero-order valence-corrected chi connectivity index (χ0v) is 11.5. The van der Waals surface area contributed by atoms with E-state index in [2.05, 4.69) is 17.1 Å². The third-order valence-electron chi connectivity index (χ3n) is 3.55. The molecule has 0 bridgehead atoms. The van der Waals surface area contributed by atoms with Crippen LogP contribution in [0.25, 0.3) is 0 Å². The molecule has 1 heterocycles. The third-order valence-corrected chi connectivity index (χ3v) is 3.55. The summed E-state index contributed by atoms with van der Waals surface area (Å²) >= 11 is 0. The van der Waals surface area contributed by atoms with Crippen molar-refractivity contribution in [3.63, 3.8) is 0 Å². The molecule has 1 aliphatic heterocycles. The molecular weight excluding hydrogens is 256 g/mol. The lowest BCUT2D eigenvalue weighted by atomic mass is 10.1. The first-order chi connectivity index (χ1) is 9.67. The number of nitrogens with zero attached hydrogens (tertiary/aromatic N) is 3. The maximum absolute atomic E-state index is 11.3. The monoisotopic (exact) mass is 274 g/mol. The molecule has 0 aliphatic carbocycles. The van der Waals surface area contributed by atoms with Gasteiger partial charge in [-0.05, 0) is 31.5 Å². The van der Waals surface area contributed by atoms with Gasteiger partial charge in [0.2, 0.25) is 0 Å². The summed E-state index contributed by atoms with van der Waals surface area (Å²) < 4.78 is 0. The van der Waals surface area contributed by atoms with Crippen LogP contribution in [0, 0.1) is 21.4 Å². The molecule has 0 saturated carbocycles. The van der Waals surface area contributed by atoms with Gasteiger partial charge in [-0.1, -0.05) is 6.92 Å². The van der Waals surface area contributed by atoms with Gasteiger partial charge >= 0.3 is 0 Å². The smallest absolute Gasteiger partial charge is 0.293 e. The number of nitrogens with one attached hydrogen (secondary N) is 1. The van der Waals surface area contributed by atoms with Crippen LogP contribution >= 0.6 is 0 Å². The maximum Gasteiger partial charge on any atom is 0.293 e. The van der Waals surface area contributed by atoms with E-state index in [1.54, 1.807) is 12.1 Å². The van der Waals surface area contributed by atoms with Crippen molar-refractivity contribution in [2.45, 2.75) is 25.8 Å². The Kier molecular flexibility index (Phi) is 4.53. The maximum atomic E-state index is 11.3. The molecule has 1 N–H and O–H groups in total. The Morgan fingerprint density at radius 3 is 2.95 bits per heavy atom. The van der Waals surface area contributed by atoms with Gasteiger partial charge in [-0.2, -0.15) is 5.26 Å². The zero-order chi connectivity index (χ0) is 14.5. The quantitative estimate of drug-likeness (QED) is 0.656. The number of nitriles is 1. The minimum Gasteiger partial charge on any atom is -0.362 e. The van der Waals surface area contributed by atoms with Gasteiger partial charge in [0.1, 0.15) is 5.69 Å². The van der Waals surface area contributed by atoms with Crippen molar-refractivity contribution in [3.8, 4) is 6.07 Å². The fourth-order valence-electron chi connectivity index (χ4n) is 2.63.